The third-order valence-corrected chi connectivity index (χ3v) is 3.99. The molecule has 0 amide bonds. The molecule has 0 aliphatic carbocycles. The number of halogens is 3. The highest BCUT2D eigenvalue weighted by Gasteiger charge is 2.18. The van der Waals surface area contributed by atoms with Gasteiger partial charge in [-0.1, -0.05) is 29.8 Å². The Morgan fingerprint density at radius 3 is 2.35 bits per heavy atom. The summed E-state index contributed by atoms with van der Waals surface area (Å²) in [5.74, 6) is -1.05. The molecule has 0 saturated heterocycles. The van der Waals surface area contributed by atoms with Crippen molar-refractivity contribution in [2.45, 2.75) is 19.4 Å². The van der Waals surface area contributed by atoms with Crippen LogP contribution in [0.3, 0.4) is 0 Å². The van der Waals surface area contributed by atoms with Crippen LogP contribution in [0.15, 0.2) is 40.9 Å². The zero-order chi connectivity index (χ0) is 14.7. The molecule has 0 saturated carbocycles. The molecular formula is C16H16BrF2N. The van der Waals surface area contributed by atoms with Crippen molar-refractivity contribution in [1.82, 2.24) is 5.32 Å². The molecule has 106 valence electrons. The van der Waals surface area contributed by atoms with Crippen LogP contribution >= 0.6 is 15.9 Å². The third kappa shape index (κ3) is 3.25. The van der Waals surface area contributed by atoms with Crippen molar-refractivity contribution in [3.05, 3.63) is 69.2 Å². The van der Waals surface area contributed by atoms with Crippen molar-refractivity contribution < 1.29 is 8.78 Å². The Hall–Kier alpha value is -1.26. The molecule has 0 aliphatic heterocycles. The van der Waals surface area contributed by atoms with Crippen molar-refractivity contribution in [2.24, 2.45) is 0 Å². The fourth-order valence-corrected chi connectivity index (χ4v) is 2.52. The number of nitrogens with one attached hydrogen (secondary N) is 1. The van der Waals surface area contributed by atoms with Gasteiger partial charge in [-0.05, 0) is 54.0 Å². The third-order valence-electron chi connectivity index (χ3n) is 3.38. The maximum Gasteiger partial charge on any atom is 0.143 e. The van der Waals surface area contributed by atoms with E-state index >= 15 is 0 Å². The molecule has 0 spiro atoms. The Balaban J connectivity index is 2.31. The standard InChI is InChI=1S/C16H16BrF2N/c1-10-3-5-11(6-4-10)15(20-2)9-12-14(18)8-7-13(17)16(12)19/h3-8,15,20H,9H2,1-2H3. The highest BCUT2D eigenvalue weighted by atomic mass is 79.9. The average molecular weight is 340 g/mol. The highest BCUT2D eigenvalue weighted by molar-refractivity contribution is 9.10. The Bertz CT molecular complexity index is 596. The summed E-state index contributed by atoms with van der Waals surface area (Å²) in [5.41, 5.74) is 2.26. The quantitative estimate of drug-likeness (QED) is 0.806. The summed E-state index contributed by atoms with van der Waals surface area (Å²) >= 11 is 3.10. The van der Waals surface area contributed by atoms with E-state index in [0.29, 0.717) is 0 Å². The van der Waals surface area contributed by atoms with Gasteiger partial charge in [0, 0.05) is 11.6 Å². The van der Waals surface area contributed by atoms with Crippen LogP contribution in [0.2, 0.25) is 0 Å². The number of aryl methyl sites for hydroxylation is 1. The van der Waals surface area contributed by atoms with E-state index in [-0.39, 0.29) is 22.5 Å². The number of likely N-dealkylation sites (N-methyl/N-ethyl adjacent to an activating group) is 1. The Morgan fingerprint density at radius 1 is 1.10 bits per heavy atom. The first kappa shape index (κ1) is 15.1. The van der Waals surface area contributed by atoms with Crippen molar-refractivity contribution in [3.8, 4) is 0 Å². The molecule has 1 nitrogen and oxygen atoms in total. The lowest BCUT2D eigenvalue weighted by atomic mass is 9.97. The Kier molecular flexibility index (Phi) is 4.89. The molecule has 2 aromatic rings. The molecule has 2 rings (SSSR count). The topological polar surface area (TPSA) is 12.0 Å². The first-order valence-corrected chi connectivity index (χ1v) is 7.18. The number of rotatable bonds is 4. The van der Waals surface area contributed by atoms with Gasteiger partial charge in [-0.25, -0.2) is 8.78 Å². The van der Waals surface area contributed by atoms with Gasteiger partial charge in [0.05, 0.1) is 4.47 Å². The second kappa shape index (κ2) is 6.46. The zero-order valence-electron chi connectivity index (χ0n) is 11.4. The molecule has 0 bridgehead atoms. The van der Waals surface area contributed by atoms with E-state index in [0.717, 1.165) is 11.1 Å². The Labute approximate surface area is 126 Å². The van der Waals surface area contributed by atoms with Crippen molar-refractivity contribution in [2.75, 3.05) is 7.05 Å². The largest absolute Gasteiger partial charge is 0.313 e. The van der Waals surface area contributed by atoms with Crippen LogP contribution < -0.4 is 5.32 Å². The molecular weight excluding hydrogens is 324 g/mol. The van der Waals surface area contributed by atoms with Crippen molar-refractivity contribution in [3.63, 3.8) is 0 Å². The highest BCUT2D eigenvalue weighted by Crippen LogP contribution is 2.26. The fraction of sp³-hybridized carbons (Fsp3) is 0.250. The van der Waals surface area contributed by atoms with Gasteiger partial charge in [-0.3, -0.25) is 0 Å². The van der Waals surface area contributed by atoms with Gasteiger partial charge in [0.2, 0.25) is 0 Å². The van der Waals surface area contributed by atoms with Crippen LogP contribution in [0.4, 0.5) is 8.78 Å². The minimum atomic E-state index is -0.530. The summed E-state index contributed by atoms with van der Waals surface area (Å²) in [5, 5.41) is 3.11. The van der Waals surface area contributed by atoms with Gasteiger partial charge in [0.15, 0.2) is 0 Å². The van der Waals surface area contributed by atoms with Crippen molar-refractivity contribution in [1.29, 1.82) is 0 Å². The van der Waals surface area contributed by atoms with Gasteiger partial charge in [-0.2, -0.15) is 0 Å². The van der Waals surface area contributed by atoms with Crippen LogP contribution in [0.25, 0.3) is 0 Å². The van der Waals surface area contributed by atoms with E-state index in [1.54, 1.807) is 7.05 Å². The summed E-state index contributed by atoms with van der Waals surface area (Å²) in [4.78, 5) is 0. The second-order valence-corrected chi connectivity index (χ2v) is 5.63. The minimum Gasteiger partial charge on any atom is -0.313 e. The summed E-state index contributed by atoms with van der Waals surface area (Å²) in [6, 6.07) is 10.5. The van der Waals surface area contributed by atoms with Gasteiger partial charge in [0.25, 0.3) is 0 Å². The van der Waals surface area contributed by atoms with Crippen LogP contribution in [-0.4, -0.2) is 7.05 Å². The molecule has 1 atom stereocenters. The van der Waals surface area contributed by atoms with Gasteiger partial charge >= 0.3 is 0 Å². The molecule has 1 unspecified atom stereocenters. The lowest BCUT2D eigenvalue weighted by Gasteiger charge is -2.18. The predicted molar refractivity (Wildman–Crippen MR) is 80.7 cm³/mol. The number of hydrogen-bond donors (Lipinski definition) is 1. The zero-order valence-corrected chi connectivity index (χ0v) is 13.0. The second-order valence-electron chi connectivity index (χ2n) is 4.78. The van der Waals surface area contributed by atoms with Gasteiger partial charge < -0.3 is 5.32 Å². The van der Waals surface area contributed by atoms with Crippen molar-refractivity contribution >= 4 is 15.9 Å². The maximum absolute atomic E-state index is 14.0. The first-order chi connectivity index (χ1) is 9.52. The Morgan fingerprint density at radius 2 is 1.75 bits per heavy atom. The SMILES string of the molecule is CNC(Cc1c(F)ccc(Br)c1F)c1ccc(C)cc1. The monoisotopic (exact) mass is 339 g/mol. The minimum absolute atomic E-state index is 0.0966. The van der Waals surface area contributed by atoms with Crippen LogP contribution in [0.5, 0.6) is 0 Å². The fourth-order valence-electron chi connectivity index (χ4n) is 2.15. The molecule has 0 heterocycles. The van der Waals surface area contributed by atoms with E-state index in [2.05, 4.69) is 21.2 Å². The van der Waals surface area contributed by atoms with E-state index in [1.807, 2.05) is 31.2 Å². The molecule has 2 aromatic carbocycles. The lowest BCUT2D eigenvalue weighted by molar-refractivity contribution is 0.512. The molecule has 0 fully saturated rings. The normalized spacial score (nSPS) is 12.4. The van der Waals surface area contributed by atoms with E-state index in [9.17, 15) is 8.78 Å². The van der Waals surface area contributed by atoms with E-state index in [4.69, 9.17) is 0 Å². The van der Waals surface area contributed by atoms with Crippen LogP contribution in [-0.2, 0) is 6.42 Å². The number of hydrogen-bond acceptors (Lipinski definition) is 1. The van der Waals surface area contributed by atoms with Gasteiger partial charge in [-0.15, -0.1) is 0 Å². The van der Waals surface area contributed by atoms with Crippen LogP contribution in [0, 0.1) is 18.6 Å². The molecule has 0 radical (unpaired) electrons. The smallest absolute Gasteiger partial charge is 0.143 e. The van der Waals surface area contributed by atoms with Crippen LogP contribution in [0.1, 0.15) is 22.7 Å². The lowest BCUT2D eigenvalue weighted by Crippen LogP contribution is -2.20. The average Bonchev–Trinajstić information content (AvgIpc) is 2.45. The first-order valence-electron chi connectivity index (χ1n) is 6.39. The van der Waals surface area contributed by atoms with E-state index in [1.165, 1.54) is 12.1 Å². The molecule has 20 heavy (non-hydrogen) atoms. The molecule has 4 heteroatoms. The molecule has 1 N–H and O–H groups in total. The molecule has 0 aromatic heterocycles. The van der Waals surface area contributed by atoms with E-state index < -0.39 is 11.6 Å². The maximum atomic E-state index is 14.0. The summed E-state index contributed by atoms with van der Waals surface area (Å²) in [6.07, 6.45) is 0.261. The van der Waals surface area contributed by atoms with Gasteiger partial charge in [0.1, 0.15) is 11.6 Å². The summed E-state index contributed by atoms with van der Waals surface area (Å²) in [6.45, 7) is 2.01. The predicted octanol–water partition coefficient (Wildman–Crippen LogP) is 4.54. The number of benzene rings is 2. The summed E-state index contributed by atoms with van der Waals surface area (Å²) in [7, 11) is 1.79. The molecule has 0 aliphatic rings. The summed E-state index contributed by atoms with van der Waals surface area (Å²) < 4.78 is 28.1.